The van der Waals surface area contributed by atoms with Crippen molar-refractivity contribution in [1.29, 1.82) is 0 Å². The predicted octanol–water partition coefficient (Wildman–Crippen LogP) is 2.05. The molecule has 0 aliphatic heterocycles. The number of carbonyl (C=O) groups is 1. The molecule has 1 amide bonds. The fraction of sp³-hybridized carbons (Fsp3) is 0.933. The van der Waals surface area contributed by atoms with E-state index in [1.54, 1.807) is 6.26 Å². The van der Waals surface area contributed by atoms with Crippen LogP contribution in [0.3, 0.4) is 0 Å². The van der Waals surface area contributed by atoms with Gasteiger partial charge in [0.1, 0.15) is 0 Å². The highest BCUT2D eigenvalue weighted by molar-refractivity contribution is 7.84. The number of nitrogens with two attached hydrogens (primary N) is 1. The quantitative estimate of drug-likeness (QED) is 0.685. The highest BCUT2D eigenvalue weighted by atomic mass is 32.2. The molecule has 0 bridgehead atoms. The summed E-state index contributed by atoms with van der Waals surface area (Å²) in [4.78, 5) is 11.9. The molecule has 3 atom stereocenters. The molecule has 5 heteroatoms. The lowest BCUT2D eigenvalue weighted by atomic mass is 9.76. The summed E-state index contributed by atoms with van der Waals surface area (Å²) in [6, 6.07) is 0.0917. The van der Waals surface area contributed by atoms with Crippen molar-refractivity contribution >= 4 is 16.7 Å². The number of amides is 1. The van der Waals surface area contributed by atoms with Crippen molar-refractivity contribution in [3.05, 3.63) is 0 Å². The highest BCUT2D eigenvalue weighted by Crippen LogP contribution is 2.31. The predicted molar refractivity (Wildman–Crippen MR) is 87.0 cm³/mol. The molecule has 120 valence electrons. The maximum atomic E-state index is 11.9. The third-order valence-electron chi connectivity index (χ3n) is 3.71. The van der Waals surface area contributed by atoms with Crippen LogP contribution in [0, 0.1) is 11.3 Å². The molecule has 0 fully saturated rings. The fourth-order valence-electron chi connectivity index (χ4n) is 2.28. The molecule has 0 spiro atoms. The SMILES string of the molecule is CC(CCS(C)=O)NC(=O)CCC(CCN)C(C)(C)C. The minimum absolute atomic E-state index is 0.0886. The van der Waals surface area contributed by atoms with E-state index in [2.05, 4.69) is 26.1 Å². The average Bonchev–Trinajstić information content (AvgIpc) is 2.30. The first-order valence-corrected chi connectivity index (χ1v) is 9.19. The van der Waals surface area contributed by atoms with E-state index in [9.17, 15) is 9.00 Å². The van der Waals surface area contributed by atoms with Gasteiger partial charge in [0.2, 0.25) is 5.91 Å². The van der Waals surface area contributed by atoms with Gasteiger partial charge in [-0.05, 0) is 44.1 Å². The highest BCUT2D eigenvalue weighted by Gasteiger charge is 2.24. The summed E-state index contributed by atoms with van der Waals surface area (Å²) < 4.78 is 11.0. The van der Waals surface area contributed by atoms with Crippen molar-refractivity contribution in [2.45, 2.75) is 59.4 Å². The Kier molecular flexibility index (Phi) is 9.30. The molecule has 20 heavy (non-hydrogen) atoms. The standard InChI is InChI=1S/C15H32N2O2S/c1-12(9-11-20(5)19)17-14(18)7-6-13(8-10-16)15(2,3)4/h12-13H,6-11,16H2,1-5H3,(H,17,18). The lowest BCUT2D eigenvalue weighted by molar-refractivity contribution is -0.122. The second-order valence-electron chi connectivity index (χ2n) is 6.71. The molecule has 0 aromatic carbocycles. The Labute approximate surface area is 126 Å². The van der Waals surface area contributed by atoms with Gasteiger partial charge < -0.3 is 11.1 Å². The molecule has 0 rings (SSSR count). The van der Waals surface area contributed by atoms with Crippen molar-refractivity contribution < 1.29 is 9.00 Å². The van der Waals surface area contributed by atoms with Gasteiger partial charge >= 0.3 is 0 Å². The van der Waals surface area contributed by atoms with Crippen LogP contribution < -0.4 is 11.1 Å². The first-order chi connectivity index (χ1) is 9.16. The van der Waals surface area contributed by atoms with E-state index in [1.807, 2.05) is 6.92 Å². The second kappa shape index (κ2) is 9.50. The minimum Gasteiger partial charge on any atom is -0.354 e. The third-order valence-corrected chi connectivity index (χ3v) is 4.52. The lowest BCUT2D eigenvalue weighted by Gasteiger charge is -2.30. The van der Waals surface area contributed by atoms with Crippen LogP contribution in [0.4, 0.5) is 0 Å². The van der Waals surface area contributed by atoms with Gasteiger partial charge in [0.15, 0.2) is 0 Å². The zero-order valence-corrected chi connectivity index (χ0v) is 14.5. The second-order valence-corrected chi connectivity index (χ2v) is 8.27. The zero-order chi connectivity index (χ0) is 15.8. The summed E-state index contributed by atoms with van der Waals surface area (Å²) >= 11 is 0. The number of hydrogen-bond acceptors (Lipinski definition) is 3. The van der Waals surface area contributed by atoms with Crippen LogP contribution in [0.25, 0.3) is 0 Å². The molecule has 0 aromatic rings. The molecule has 3 N–H and O–H groups in total. The average molecular weight is 304 g/mol. The van der Waals surface area contributed by atoms with Crippen LogP contribution in [-0.2, 0) is 15.6 Å². The van der Waals surface area contributed by atoms with Gasteiger partial charge in [-0.2, -0.15) is 0 Å². The Morgan fingerprint density at radius 3 is 2.30 bits per heavy atom. The molecule has 4 nitrogen and oxygen atoms in total. The Balaban J connectivity index is 4.10. The Morgan fingerprint density at radius 1 is 1.25 bits per heavy atom. The number of rotatable bonds is 9. The van der Waals surface area contributed by atoms with Crippen LogP contribution in [-0.4, -0.2) is 34.7 Å². The molecule has 3 unspecified atom stereocenters. The molecule has 0 heterocycles. The van der Waals surface area contributed by atoms with Crippen LogP contribution >= 0.6 is 0 Å². The summed E-state index contributed by atoms with van der Waals surface area (Å²) in [5.41, 5.74) is 5.84. The van der Waals surface area contributed by atoms with Crippen LogP contribution in [0.1, 0.15) is 53.4 Å². The summed E-state index contributed by atoms with van der Waals surface area (Å²) in [5.74, 6) is 1.20. The summed E-state index contributed by atoms with van der Waals surface area (Å²) in [5, 5.41) is 2.98. The first kappa shape index (κ1) is 19.6. The van der Waals surface area contributed by atoms with E-state index >= 15 is 0 Å². The maximum absolute atomic E-state index is 11.9. The summed E-state index contributed by atoms with van der Waals surface area (Å²) in [6.07, 6.45) is 4.83. The van der Waals surface area contributed by atoms with Crippen LogP contribution in [0.2, 0.25) is 0 Å². The van der Waals surface area contributed by atoms with Gasteiger partial charge in [-0.15, -0.1) is 0 Å². The van der Waals surface area contributed by atoms with Gasteiger partial charge in [0.25, 0.3) is 0 Å². The van der Waals surface area contributed by atoms with Crippen molar-refractivity contribution in [3.63, 3.8) is 0 Å². The Bertz CT molecular complexity index is 313. The molecule has 0 aliphatic carbocycles. The molecule has 0 aliphatic rings. The number of hydrogen-bond donors (Lipinski definition) is 2. The lowest BCUT2D eigenvalue weighted by Crippen LogP contribution is -2.34. The third kappa shape index (κ3) is 9.48. The largest absolute Gasteiger partial charge is 0.354 e. The van der Waals surface area contributed by atoms with Gasteiger partial charge in [-0.25, -0.2) is 0 Å². The van der Waals surface area contributed by atoms with E-state index < -0.39 is 10.8 Å². The summed E-state index contributed by atoms with van der Waals surface area (Å²) in [7, 11) is -0.792. The van der Waals surface area contributed by atoms with Gasteiger partial charge in [0, 0.05) is 35.3 Å². The Morgan fingerprint density at radius 2 is 1.85 bits per heavy atom. The van der Waals surface area contributed by atoms with Gasteiger partial charge in [0.05, 0.1) is 0 Å². The van der Waals surface area contributed by atoms with Gasteiger partial charge in [-0.1, -0.05) is 20.8 Å². The van der Waals surface area contributed by atoms with Crippen LogP contribution in [0.5, 0.6) is 0 Å². The number of nitrogens with one attached hydrogen (secondary N) is 1. The van der Waals surface area contributed by atoms with E-state index in [-0.39, 0.29) is 17.4 Å². The van der Waals surface area contributed by atoms with Gasteiger partial charge in [-0.3, -0.25) is 9.00 Å². The van der Waals surface area contributed by atoms with Crippen molar-refractivity contribution in [2.24, 2.45) is 17.1 Å². The molecular weight excluding hydrogens is 272 g/mol. The van der Waals surface area contributed by atoms with Crippen molar-refractivity contribution in [1.82, 2.24) is 5.32 Å². The monoisotopic (exact) mass is 304 g/mol. The molecule has 0 radical (unpaired) electrons. The summed E-state index contributed by atoms with van der Waals surface area (Å²) in [6.45, 7) is 9.23. The van der Waals surface area contributed by atoms with E-state index in [0.717, 1.165) is 19.3 Å². The normalized spacial score (nSPS) is 16.5. The number of carbonyl (C=O) groups excluding carboxylic acids is 1. The van der Waals surface area contributed by atoms with Crippen LogP contribution in [0.15, 0.2) is 0 Å². The maximum Gasteiger partial charge on any atom is 0.220 e. The minimum atomic E-state index is -0.792. The van der Waals surface area contributed by atoms with Crippen molar-refractivity contribution in [3.8, 4) is 0 Å². The fourth-order valence-corrected chi connectivity index (χ4v) is 2.96. The van der Waals surface area contributed by atoms with E-state index in [0.29, 0.717) is 24.6 Å². The first-order valence-electron chi connectivity index (χ1n) is 7.46. The van der Waals surface area contributed by atoms with E-state index in [1.165, 1.54) is 0 Å². The molecule has 0 saturated heterocycles. The van der Waals surface area contributed by atoms with E-state index in [4.69, 9.17) is 5.73 Å². The molecular formula is C15H32N2O2S. The Hall–Kier alpha value is -0.420. The zero-order valence-electron chi connectivity index (χ0n) is 13.7. The topological polar surface area (TPSA) is 72.2 Å². The smallest absolute Gasteiger partial charge is 0.220 e. The molecule has 0 aromatic heterocycles. The van der Waals surface area contributed by atoms with Crippen molar-refractivity contribution in [2.75, 3.05) is 18.6 Å². The molecule has 0 saturated carbocycles.